The second kappa shape index (κ2) is 33.2. The Morgan fingerprint density at radius 3 is 0.895 bits per heavy atom. The Labute approximate surface area is 824 Å². The van der Waals surface area contributed by atoms with Crippen molar-refractivity contribution in [1.82, 2.24) is 44.9 Å². The van der Waals surface area contributed by atoms with Gasteiger partial charge in [0, 0.05) is 98.6 Å². The van der Waals surface area contributed by atoms with E-state index in [4.69, 9.17) is 58.1 Å². The molecule has 0 spiro atoms. The maximum absolute atomic E-state index is 6.41. The average molecular weight is 1840 g/mol. The zero-order valence-electron chi connectivity index (χ0n) is 78.8. The van der Waals surface area contributed by atoms with E-state index >= 15 is 0 Å². The molecular formula is C131H87N9O3. The van der Waals surface area contributed by atoms with Gasteiger partial charge in [0.1, 0.15) is 33.5 Å². The predicted octanol–water partition coefficient (Wildman–Crippen LogP) is 33.4. The summed E-state index contributed by atoms with van der Waals surface area (Å²) in [5.74, 6) is 5.89. The zero-order valence-corrected chi connectivity index (χ0v) is 78.8. The summed E-state index contributed by atoms with van der Waals surface area (Å²) in [4.78, 5) is 45.8. The molecule has 0 saturated heterocycles. The van der Waals surface area contributed by atoms with Gasteiger partial charge >= 0.3 is 0 Å². The molecule has 0 amide bonds. The predicted molar refractivity (Wildman–Crippen MR) is 581 cm³/mol. The quantitative estimate of drug-likeness (QED) is 0.113. The largest absolute Gasteiger partial charge is 0.456 e. The molecule has 0 saturated carbocycles. The number of para-hydroxylation sites is 3. The van der Waals surface area contributed by atoms with Crippen molar-refractivity contribution in [2.45, 2.75) is 50.9 Å². The molecule has 0 radical (unpaired) electrons. The molecule has 0 aliphatic heterocycles. The van der Waals surface area contributed by atoms with Gasteiger partial charge in [0.15, 0.2) is 52.4 Å². The Morgan fingerprint density at radius 1 is 0.154 bits per heavy atom. The number of hydrogen-bond acceptors (Lipinski definition) is 12. The standard InChI is InChI=1S/C47H31N3O.C44H29N3O.C40H27N3O/c1-47(35-17-9-4-10-18-35)40-27-34(25-26-36(40)38-28-39-37-19-11-12-20-42(37)51-43(39)29-41(38)47)46-49-44(32-15-7-3-8-16-32)48-45(50-46)33-23-21-31(22-24-33)30-13-5-2-6-14-30;1-44(2)37-23-28(20-21-32(37)34-24-35-33-18-10-11-19-39(33)48-40(35)25-38(34)44)42-45-41(26-12-4-3-5-13-26)46-43(47-42)36-22-27-14-6-7-15-29(27)30-16-8-9-17-31(30)36;1-40(2)33-21-26(19-20-28(33)31-22-32-29-16-8-9-18-35(29)44-36(32)23-34(31)40)38-41-37(25-12-4-3-5-13-25)42-39(43-38)30-17-10-14-24-11-6-7-15-27(24)30/h2-29H,1H3;3-25H,1-2H3;3-23H,1-2H3. The van der Waals surface area contributed by atoms with Gasteiger partial charge < -0.3 is 13.3 Å². The molecule has 12 nitrogen and oxygen atoms in total. The molecule has 29 rings (SSSR count). The zero-order chi connectivity index (χ0) is 95.3. The van der Waals surface area contributed by atoms with Crippen molar-refractivity contribution in [3.63, 3.8) is 0 Å². The molecule has 0 fully saturated rings. The molecule has 6 aromatic heterocycles. The van der Waals surface area contributed by atoms with Crippen LogP contribution >= 0.6 is 0 Å². The lowest BCUT2D eigenvalue weighted by Crippen LogP contribution is -2.22. The van der Waals surface area contributed by atoms with Crippen LogP contribution in [0.1, 0.15) is 73.6 Å². The molecule has 0 N–H and O–H groups in total. The third-order valence-electron chi connectivity index (χ3n) is 29.7. The topological polar surface area (TPSA) is 155 Å². The monoisotopic (exact) mass is 1830 g/mol. The van der Waals surface area contributed by atoms with E-state index in [1.807, 2.05) is 121 Å². The van der Waals surface area contributed by atoms with Crippen LogP contribution in [-0.2, 0) is 16.2 Å². The summed E-state index contributed by atoms with van der Waals surface area (Å²) in [6.07, 6.45) is 0. The third kappa shape index (κ3) is 14.1. The molecule has 6 heterocycles. The summed E-state index contributed by atoms with van der Waals surface area (Å²) in [5.41, 5.74) is 31.8. The van der Waals surface area contributed by atoms with E-state index in [9.17, 15) is 0 Å². The lowest BCUT2D eigenvalue weighted by molar-refractivity contribution is 0.647. The first kappa shape index (κ1) is 83.9. The smallest absolute Gasteiger partial charge is 0.164 e. The van der Waals surface area contributed by atoms with Crippen LogP contribution in [0.3, 0.4) is 0 Å². The summed E-state index contributed by atoms with van der Waals surface area (Å²) in [6.45, 7) is 11.5. The maximum Gasteiger partial charge on any atom is 0.164 e. The Kier molecular flexibility index (Phi) is 19.5. The fraction of sp³-hybridized carbons (Fsp3) is 0.0611. The van der Waals surface area contributed by atoms with Gasteiger partial charge in [-0.25, -0.2) is 44.9 Å². The van der Waals surface area contributed by atoms with Crippen LogP contribution < -0.4 is 0 Å². The minimum Gasteiger partial charge on any atom is -0.456 e. The van der Waals surface area contributed by atoms with E-state index in [1.54, 1.807) is 0 Å². The van der Waals surface area contributed by atoms with Crippen LogP contribution in [0.15, 0.2) is 450 Å². The van der Waals surface area contributed by atoms with Gasteiger partial charge in [-0.05, 0) is 202 Å². The Morgan fingerprint density at radius 2 is 0.441 bits per heavy atom. The second-order valence-electron chi connectivity index (χ2n) is 38.7. The van der Waals surface area contributed by atoms with Crippen LogP contribution in [0.4, 0.5) is 0 Å². The summed E-state index contributed by atoms with van der Waals surface area (Å²) >= 11 is 0. The van der Waals surface area contributed by atoms with E-state index in [2.05, 4.69) is 350 Å². The summed E-state index contributed by atoms with van der Waals surface area (Å²) < 4.78 is 19.0. The van der Waals surface area contributed by atoms with Crippen molar-refractivity contribution < 1.29 is 13.3 Å². The summed E-state index contributed by atoms with van der Waals surface area (Å²) in [7, 11) is 0. The van der Waals surface area contributed by atoms with Crippen molar-refractivity contribution in [3.05, 3.63) is 476 Å². The summed E-state index contributed by atoms with van der Waals surface area (Å²) in [6, 6.07) is 153. The highest BCUT2D eigenvalue weighted by Crippen LogP contribution is 2.58. The molecular weight excluding hydrogens is 1750 g/mol. The fourth-order valence-corrected chi connectivity index (χ4v) is 22.3. The molecule has 3 aliphatic rings. The fourth-order valence-electron chi connectivity index (χ4n) is 22.3. The molecule has 26 aromatic rings. The molecule has 12 heteroatoms. The Balaban J connectivity index is 0.000000107. The van der Waals surface area contributed by atoms with Crippen molar-refractivity contribution in [3.8, 4) is 147 Å². The van der Waals surface area contributed by atoms with Crippen molar-refractivity contribution in [2.24, 2.45) is 0 Å². The molecule has 1 atom stereocenters. The number of hydrogen-bond donors (Lipinski definition) is 0. The van der Waals surface area contributed by atoms with Crippen molar-refractivity contribution in [2.75, 3.05) is 0 Å². The minimum absolute atomic E-state index is 0.221. The molecule has 1 unspecified atom stereocenters. The number of rotatable bonds is 11. The van der Waals surface area contributed by atoms with E-state index < -0.39 is 5.41 Å². The number of aromatic nitrogens is 9. The highest BCUT2D eigenvalue weighted by Gasteiger charge is 2.44. The van der Waals surface area contributed by atoms with E-state index in [-0.39, 0.29) is 10.8 Å². The number of furan rings is 3. The number of benzene rings is 20. The Bertz CT molecular complexity index is 9670. The van der Waals surface area contributed by atoms with Gasteiger partial charge in [-0.2, -0.15) is 0 Å². The van der Waals surface area contributed by atoms with Crippen LogP contribution in [0.2, 0.25) is 0 Å². The minimum atomic E-state index is -0.430. The van der Waals surface area contributed by atoms with Crippen molar-refractivity contribution >= 4 is 98.1 Å². The molecule has 143 heavy (non-hydrogen) atoms. The highest BCUT2D eigenvalue weighted by atomic mass is 16.3. The lowest BCUT2D eigenvalue weighted by atomic mass is 9.74. The Hall–Kier alpha value is -18.4. The van der Waals surface area contributed by atoms with Crippen LogP contribution in [-0.4, -0.2) is 44.9 Å². The number of fused-ring (bicyclic) bond motifs is 22. The first-order valence-corrected chi connectivity index (χ1v) is 48.6. The first-order valence-electron chi connectivity index (χ1n) is 48.6. The molecule has 674 valence electrons. The van der Waals surface area contributed by atoms with E-state index in [0.29, 0.717) is 52.4 Å². The van der Waals surface area contributed by atoms with Gasteiger partial charge in [-0.15, -0.1) is 0 Å². The first-order chi connectivity index (χ1) is 70.2. The SMILES string of the molecule is CC1(C)c2cc(-c3nc(-c4ccccc4)nc(-c4cc5ccccc5c5ccccc45)n3)ccc2-c2cc3c(cc21)oc1ccccc13.CC1(C)c2cc(-c3nc(-c4ccccc4)nc(-c4cccc5ccccc45)n3)ccc2-c2cc3c(cc21)oc1ccccc13.CC1(c2ccccc2)c2cc(-c3nc(-c4ccccc4)nc(-c4ccc(-c5ccccc5)cc4)n3)ccc2-c2cc3c(cc21)oc1ccccc13. The van der Waals surface area contributed by atoms with Gasteiger partial charge in [-0.3, -0.25) is 0 Å². The molecule has 3 aliphatic carbocycles. The van der Waals surface area contributed by atoms with Crippen LogP contribution in [0.5, 0.6) is 0 Å². The van der Waals surface area contributed by atoms with Gasteiger partial charge in [-0.1, -0.05) is 386 Å². The van der Waals surface area contributed by atoms with Gasteiger partial charge in [0.25, 0.3) is 0 Å². The molecule has 0 bridgehead atoms. The van der Waals surface area contributed by atoms with E-state index in [1.165, 1.54) is 88.7 Å². The third-order valence-corrected chi connectivity index (χ3v) is 29.7. The maximum atomic E-state index is 6.41. The highest BCUT2D eigenvalue weighted by molar-refractivity contribution is 6.15. The van der Waals surface area contributed by atoms with Crippen LogP contribution in [0, 0.1) is 0 Å². The number of nitrogens with zero attached hydrogens (tertiary/aromatic N) is 9. The summed E-state index contributed by atoms with van der Waals surface area (Å²) in [5, 5.41) is 13.8. The normalized spacial score (nSPS) is 13.9. The van der Waals surface area contributed by atoms with Gasteiger partial charge in [0.2, 0.25) is 0 Å². The second-order valence-corrected chi connectivity index (χ2v) is 38.7. The lowest BCUT2D eigenvalue weighted by Gasteiger charge is -2.28. The van der Waals surface area contributed by atoms with Crippen molar-refractivity contribution in [1.29, 1.82) is 0 Å². The van der Waals surface area contributed by atoms with Crippen LogP contribution in [0.25, 0.3) is 245 Å². The van der Waals surface area contributed by atoms with E-state index in [0.717, 1.165) is 143 Å². The average Bonchev–Trinajstić information content (AvgIpc) is 1.56. The molecule has 20 aromatic carbocycles. The van der Waals surface area contributed by atoms with Gasteiger partial charge in [0.05, 0.1) is 0 Å².